The van der Waals surface area contributed by atoms with Gasteiger partial charge in [0.2, 0.25) is 0 Å². The Labute approximate surface area is 136 Å². The van der Waals surface area contributed by atoms with Crippen LogP contribution in [0.25, 0.3) is 17.3 Å². The number of quaternary nitrogens is 1. The first kappa shape index (κ1) is 14.4. The maximum atomic E-state index is 14.2. The molecule has 1 saturated heterocycles. The van der Waals surface area contributed by atoms with Gasteiger partial charge in [0, 0.05) is 32.8 Å². The van der Waals surface area contributed by atoms with E-state index in [4.69, 9.17) is 11.6 Å². The Morgan fingerprint density at radius 2 is 2.00 bits per heavy atom. The molecule has 1 atom stereocenters. The third-order valence-electron chi connectivity index (χ3n) is 3.98. The molecule has 0 saturated carbocycles. The first-order chi connectivity index (χ1) is 11.1. The average Bonchev–Trinajstić information content (AvgIpc) is 2.82. The molecule has 2 aliphatic heterocycles. The molecule has 4 nitrogen and oxygen atoms in total. The molecule has 0 radical (unpaired) electrons. The molecule has 116 valence electrons. The topological polar surface area (TPSA) is 42.8 Å². The van der Waals surface area contributed by atoms with Gasteiger partial charge in [-0.15, -0.1) is 0 Å². The summed E-state index contributed by atoms with van der Waals surface area (Å²) >= 11 is 6.34. The highest BCUT2D eigenvalue weighted by Crippen LogP contribution is 2.22. The second-order valence-electron chi connectivity index (χ2n) is 5.44. The number of hydroxylamine groups is 1. The van der Waals surface area contributed by atoms with Crippen LogP contribution in [0.2, 0.25) is 5.02 Å². The number of nitrogens with zero attached hydrogens (tertiary/aromatic N) is 1. The lowest BCUT2D eigenvalue weighted by atomic mass is 10.0. The predicted octanol–water partition coefficient (Wildman–Crippen LogP) is 0.540. The Morgan fingerprint density at radius 1 is 1.17 bits per heavy atom. The zero-order chi connectivity index (χ0) is 16.0. The smallest absolute Gasteiger partial charge is 0.139 e. The van der Waals surface area contributed by atoms with Gasteiger partial charge < -0.3 is 5.21 Å². The number of benzene rings is 2. The summed E-state index contributed by atoms with van der Waals surface area (Å²) in [6.45, 7) is 0.266. The van der Waals surface area contributed by atoms with Crippen LogP contribution in [0.5, 0.6) is 0 Å². The van der Waals surface area contributed by atoms with Crippen LogP contribution in [-0.2, 0) is 0 Å². The molecule has 6 heteroatoms. The van der Waals surface area contributed by atoms with Crippen LogP contribution < -0.4 is 21.1 Å². The van der Waals surface area contributed by atoms with Crippen molar-refractivity contribution in [3.63, 3.8) is 0 Å². The van der Waals surface area contributed by atoms with Crippen molar-refractivity contribution >= 4 is 28.9 Å². The minimum Gasteiger partial charge on any atom is -0.611 e. The highest BCUT2D eigenvalue weighted by atomic mass is 35.5. The van der Waals surface area contributed by atoms with Crippen LogP contribution in [0.3, 0.4) is 0 Å². The van der Waals surface area contributed by atoms with Crippen molar-refractivity contribution in [2.75, 3.05) is 6.54 Å². The summed E-state index contributed by atoms with van der Waals surface area (Å²) in [4.78, 5) is 0. The molecule has 23 heavy (non-hydrogen) atoms. The number of hydrogen-bond acceptors (Lipinski definition) is 3. The SMILES string of the molecule is [O-][NH+]1CC2=c3cccc(Cl)c3=CC(c3ccccc3F)=CN2N1. The third kappa shape index (κ3) is 2.44. The van der Waals surface area contributed by atoms with Gasteiger partial charge in [0.05, 0.1) is 0 Å². The van der Waals surface area contributed by atoms with E-state index >= 15 is 0 Å². The Kier molecular flexibility index (Phi) is 3.43. The van der Waals surface area contributed by atoms with Crippen LogP contribution >= 0.6 is 11.6 Å². The van der Waals surface area contributed by atoms with Crippen LogP contribution in [0, 0.1) is 11.0 Å². The minimum atomic E-state index is -0.322. The molecule has 1 unspecified atom stereocenters. The number of allylic oxidation sites excluding steroid dienone is 1. The monoisotopic (exact) mass is 329 g/mol. The van der Waals surface area contributed by atoms with Crippen molar-refractivity contribution in [3.8, 4) is 0 Å². The molecular formula is C17H13ClFN3O. The van der Waals surface area contributed by atoms with E-state index in [2.05, 4.69) is 5.53 Å². The number of nitrogens with one attached hydrogen (secondary N) is 2. The molecule has 2 aliphatic rings. The summed E-state index contributed by atoms with van der Waals surface area (Å²) in [7, 11) is 0. The van der Waals surface area contributed by atoms with Gasteiger partial charge in [-0.05, 0) is 18.2 Å². The Morgan fingerprint density at radius 3 is 2.83 bits per heavy atom. The fraction of sp³-hybridized carbons (Fsp3) is 0.0588. The zero-order valence-electron chi connectivity index (χ0n) is 12.0. The molecule has 0 aromatic heterocycles. The van der Waals surface area contributed by atoms with Gasteiger partial charge in [0.1, 0.15) is 18.1 Å². The average molecular weight is 330 g/mol. The van der Waals surface area contributed by atoms with Gasteiger partial charge in [0.15, 0.2) is 0 Å². The van der Waals surface area contributed by atoms with Gasteiger partial charge in [0.25, 0.3) is 0 Å². The maximum Gasteiger partial charge on any atom is 0.139 e. The van der Waals surface area contributed by atoms with E-state index in [0.29, 0.717) is 16.2 Å². The van der Waals surface area contributed by atoms with Gasteiger partial charge in [-0.25, -0.2) is 9.40 Å². The van der Waals surface area contributed by atoms with Crippen LogP contribution in [-0.4, -0.2) is 11.6 Å². The fourth-order valence-electron chi connectivity index (χ4n) is 2.92. The number of hydrazine groups is 1. The zero-order valence-corrected chi connectivity index (χ0v) is 12.8. The molecule has 2 N–H and O–H groups in total. The molecule has 0 bridgehead atoms. The Bertz CT molecular complexity index is 941. The molecule has 0 spiro atoms. The van der Waals surface area contributed by atoms with E-state index in [-0.39, 0.29) is 17.5 Å². The largest absolute Gasteiger partial charge is 0.611 e. The van der Waals surface area contributed by atoms with Gasteiger partial charge in [-0.3, -0.25) is 5.17 Å². The summed E-state index contributed by atoms with van der Waals surface area (Å²) < 4.78 is 14.2. The highest BCUT2D eigenvalue weighted by molar-refractivity contribution is 6.30. The van der Waals surface area contributed by atoms with Crippen LogP contribution in [0.15, 0.2) is 48.7 Å². The summed E-state index contributed by atoms with van der Waals surface area (Å²) in [6, 6.07) is 12.1. The van der Waals surface area contributed by atoms with Crippen molar-refractivity contribution in [2.24, 2.45) is 0 Å². The van der Waals surface area contributed by atoms with Crippen molar-refractivity contribution in [1.82, 2.24) is 10.5 Å². The van der Waals surface area contributed by atoms with E-state index in [1.165, 1.54) is 6.07 Å². The summed E-state index contributed by atoms with van der Waals surface area (Å²) in [5.41, 5.74) is 4.69. The fourth-order valence-corrected chi connectivity index (χ4v) is 3.15. The van der Waals surface area contributed by atoms with Crippen molar-refractivity contribution < 1.29 is 9.56 Å². The van der Waals surface area contributed by atoms with E-state index in [1.54, 1.807) is 35.5 Å². The molecule has 2 heterocycles. The lowest BCUT2D eigenvalue weighted by Crippen LogP contribution is -3.12. The molecule has 2 aromatic rings. The van der Waals surface area contributed by atoms with E-state index in [1.807, 2.05) is 18.2 Å². The number of halogens is 2. The third-order valence-corrected chi connectivity index (χ3v) is 4.31. The highest BCUT2D eigenvalue weighted by Gasteiger charge is 2.25. The normalized spacial score (nSPS) is 19.6. The van der Waals surface area contributed by atoms with Gasteiger partial charge >= 0.3 is 0 Å². The van der Waals surface area contributed by atoms with E-state index < -0.39 is 0 Å². The molecule has 0 aliphatic carbocycles. The second kappa shape index (κ2) is 5.47. The maximum absolute atomic E-state index is 14.2. The molecule has 2 aromatic carbocycles. The van der Waals surface area contributed by atoms with E-state index in [0.717, 1.165) is 16.1 Å². The lowest BCUT2D eigenvalue weighted by molar-refractivity contribution is -0.888. The van der Waals surface area contributed by atoms with Crippen LogP contribution in [0.1, 0.15) is 5.56 Å². The van der Waals surface area contributed by atoms with Crippen molar-refractivity contribution in [3.05, 3.63) is 80.7 Å². The van der Waals surface area contributed by atoms with Gasteiger partial charge in [-0.2, -0.15) is 0 Å². The van der Waals surface area contributed by atoms with Crippen molar-refractivity contribution in [2.45, 2.75) is 0 Å². The number of rotatable bonds is 1. The molecule has 1 fully saturated rings. The van der Waals surface area contributed by atoms with Crippen molar-refractivity contribution in [1.29, 1.82) is 0 Å². The standard InChI is InChI=1S/C17H13ClFN3O/c18-15-6-3-5-13-14(15)8-11(12-4-1-2-7-16(12)19)9-21-17(13)10-22(23)20-21/h1-9,20,22H,10H2. The first-order valence-electron chi connectivity index (χ1n) is 7.18. The summed E-state index contributed by atoms with van der Waals surface area (Å²) in [5, 5.41) is 15.6. The lowest BCUT2D eigenvalue weighted by Gasteiger charge is -2.16. The Hall–Kier alpha value is -2.18. The minimum absolute atomic E-state index is 0.100. The van der Waals surface area contributed by atoms with E-state index in [9.17, 15) is 9.60 Å². The molecule has 4 rings (SSSR count). The summed E-state index contributed by atoms with van der Waals surface area (Å²) in [5.74, 6) is -0.322. The number of fused-ring (bicyclic) bond motifs is 2. The quantitative estimate of drug-likeness (QED) is 0.751. The first-order valence-corrected chi connectivity index (χ1v) is 7.56. The molecule has 0 amide bonds. The van der Waals surface area contributed by atoms with Crippen LogP contribution in [0.4, 0.5) is 4.39 Å². The predicted molar refractivity (Wildman–Crippen MR) is 87.1 cm³/mol. The Balaban J connectivity index is 2.03. The summed E-state index contributed by atoms with van der Waals surface area (Å²) in [6.07, 6.45) is 3.59. The number of hydrogen-bond donors (Lipinski definition) is 2. The second-order valence-corrected chi connectivity index (χ2v) is 5.85. The van der Waals surface area contributed by atoms with Gasteiger partial charge in [-0.1, -0.05) is 47.5 Å². The molecular weight excluding hydrogens is 317 g/mol.